The Balaban J connectivity index is 1.70. The number of hydrogen-bond donors (Lipinski definition) is 2. The number of likely N-dealkylation sites (N-methyl/N-ethyl adjacent to an activating group) is 1. The zero-order valence-electron chi connectivity index (χ0n) is 11.0. The van der Waals surface area contributed by atoms with E-state index >= 15 is 0 Å². The van der Waals surface area contributed by atoms with Gasteiger partial charge in [0, 0.05) is 32.6 Å². The molecule has 6 heteroatoms. The Labute approximate surface area is 117 Å². The predicted octanol–water partition coefficient (Wildman–Crippen LogP) is 0.688. The lowest BCUT2D eigenvalue weighted by Gasteiger charge is -2.23. The second-order valence-electron chi connectivity index (χ2n) is 4.63. The fraction of sp³-hybridized carbons (Fsp3) is 0.538. The fourth-order valence-electron chi connectivity index (χ4n) is 2.13. The van der Waals surface area contributed by atoms with Crippen molar-refractivity contribution in [3.8, 4) is 0 Å². The first kappa shape index (κ1) is 14.0. The average Bonchev–Trinajstić information content (AvgIpc) is 3.10. The molecule has 2 amide bonds. The Morgan fingerprint density at radius 2 is 2.42 bits per heavy atom. The smallest absolute Gasteiger partial charge is 0.261 e. The third-order valence-corrected chi connectivity index (χ3v) is 4.21. The molecule has 1 fully saturated rings. The molecular formula is C13H19N3O2S. The van der Waals surface area contributed by atoms with E-state index in [1.165, 1.54) is 11.3 Å². The van der Waals surface area contributed by atoms with E-state index in [2.05, 4.69) is 10.6 Å². The van der Waals surface area contributed by atoms with Crippen molar-refractivity contribution in [2.24, 2.45) is 0 Å². The Morgan fingerprint density at radius 3 is 3.05 bits per heavy atom. The second kappa shape index (κ2) is 6.68. The highest BCUT2D eigenvalue weighted by Gasteiger charge is 2.22. The summed E-state index contributed by atoms with van der Waals surface area (Å²) in [5.41, 5.74) is 0. The maximum atomic E-state index is 11.9. The van der Waals surface area contributed by atoms with Crippen LogP contribution in [0, 0.1) is 0 Å². The molecule has 0 saturated carbocycles. The summed E-state index contributed by atoms with van der Waals surface area (Å²) >= 11 is 1.40. The first-order valence-electron chi connectivity index (χ1n) is 6.46. The summed E-state index contributed by atoms with van der Waals surface area (Å²) in [6.07, 6.45) is 1.36. The number of thiophene rings is 1. The quantitative estimate of drug-likeness (QED) is 0.835. The van der Waals surface area contributed by atoms with Gasteiger partial charge in [0.2, 0.25) is 5.91 Å². The molecule has 1 aromatic rings. The van der Waals surface area contributed by atoms with Gasteiger partial charge < -0.3 is 15.5 Å². The van der Waals surface area contributed by atoms with Crippen LogP contribution in [0.3, 0.4) is 0 Å². The van der Waals surface area contributed by atoms with Crippen molar-refractivity contribution < 1.29 is 9.59 Å². The molecule has 1 unspecified atom stereocenters. The molecular weight excluding hydrogens is 262 g/mol. The van der Waals surface area contributed by atoms with Crippen LogP contribution in [0.4, 0.5) is 0 Å². The molecule has 104 valence electrons. The minimum atomic E-state index is -0.104. The van der Waals surface area contributed by atoms with E-state index in [0.717, 1.165) is 19.5 Å². The van der Waals surface area contributed by atoms with Crippen molar-refractivity contribution in [1.29, 1.82) is 0 Å². The average molecular weight is 281 g/mol. The van der Waals surface area contributed by atoms with Crippen molar-refractivity contribution in [2.75, 3.05) is 26.7 Å². The van der Waals surface area contributed by atoms with Gasteiger partial charge in [0.05, 0.1) is 4.88 Å². The summed E-state index contributed by atoms with van der Waals surface area (Å²) in [6, 6.07) is 3.91. The van der Waals surface area contributed by atoms with Gasteiger partial charge in [0.1, 0.15) is 0 Å². The Kier molecular flexibility index (Phi) is 4.93. The van der Waals surface area contributed by atoms with Gasteiger partial charge in [-0.1, -0.05) is 6.07 Å². The van der Waals surface area contributed by atoms with Gasteiger partial charge in [-0.2, -0.15) is 0 Å². The molecule has 0 spiro atoms. The Morgan fingerprint density at radius 1 is 1.58 bits per heavy atom. The van der Waals surface area contributed by atoms with Crippen LogP contribution < -0.4 is 10.6 Å². The minimum Gasteiger partial charge on any atom is -0.351 e. The van der Waals surface area contributed by atoms with Gasteiger partial charge in [-0.25, -0.2) is 0 Å². The lowest BCUT2D eigenvalue weighted by Crippen LogP contribution is -2.39. The zero-order valence-corrected chi connectivity index (χ0v) is 11.8. The number of carbonyl (C=O) groups is 2. The molecule has 0 aromatic carbocycles. The van der Waals surface area contributed by atoms with E-state index in [0.29, 0.717) is 23.9 Å². The van der Waals surface area contributed by atoms with Crippen LogP contribution in [0.2, 0.25) is 0 Å². The maximum absolute atomic E-state index is 11.9. The molecule has 1 aromatic heterocycles. The second-order valence-corrected chi connectivity index (χ2v) is 5.58. The lowest BCUT2D eigenvalue weighted by molar-refractivity contribution is -0.131. The summed E-state index contributed by atoms with van der Waals surface area (Å²) in [4.78, 5) is 26.1. The summed E-state index contributed by atoms with van der Waals surface area (Å²) in [6.45, 7) is 2.22. The van der Waals surface area contributed by atoms with Crippen molar-refractivity contribution in [1.82, 2.24) is 15.5 Å². The Bertz CT molecular complexity index is 427. The van der Waals surface area contributed by atoms with Crippen LogP contribution >= 0.6 is 11.3 Å². The fourth-order valence-corrected chi connectivity index (χ4v) is 2.77. The van der Waals surface area contributed by atoms with Gasteiger partial charge in [-0.05, 0) is 24.4 Å². The van der Waals surface area contributed by atoms with Crippen molar-refractivity contribution in [2.45, 2.75) is 18.9 Å². The van der Waals surface area contributed by atoms with E-state index in [1.807, 2.05) is 18.5 Å². The molecule has 1 atom stereocenters. The highest BCUT2D eigenvalue weighted by atomic mass is 32.1. The number of amides is 2. The topological polar surface area (TPSA) is 61.4 Å². The van der Waals surface area contributed by atoms with Gasteiger partial charge in [0.15, 0.2) is 0 Å². The Hall–Kier alpha value is -1.40. The monoisotopic (exact) mass is 281 g/mol. The van der Waals surface area contributed by atoms with E-state index in [-0.39, 0.29) is 11.8 Å². The van der Waals surface area contributed by atoms with Gasteiger partial charge in [-0.3, -0.25) is 9.59 Å². The molecule has 19 heavy (non-hydrogen) atoms. The molecule has 2 rings (SSSR count). The van der Waals surface area contributed by atoms with E-state index in [1.54, 1.807) is 11.0 Å². The lowest BCUT2D eigenvalue weighted by atomic mass is 10.2. The van der Waals surface area contributed by atoms with Gasteiger partial charge in [0.25, 0.3) is 5.91 Å². The van der Waals surface area contributed by atoms with Crippen molar-refractivity contribution in [3.05, 3.63) is 22.4 Å². The van der Waals surface area contributed by atoms with Crippen LogP contribution in [-0.2, 0) is 4.79 Å². The molecule has 1 saturated heterocycles. The molecule has 2 heterocycles. The van der Waals surface area contributed by atoms with Gasteiger partial charge >= 0.3 is 0 Å². The molecule has 0 bridgehead atoms. The van der Waals surface area contributed by atoms with E-state index in [4.69, 9.17) is 0 Å². The highest BCUT2D eigenvalue weighted by Crippen LogP contribution is 2.09. The number of rotatable bonds is 5. The van der Waals surface area contributed by atoms with Crippen LogP contribution in [0.1, 0.15) is 22.5 Å². The molecule has 1 aliphatic rings. The number of nitrogens with one attached hydrogen (secondary N) is 2. The summed E-state index contributed by atoms with van der Waals surface area (Å²) in [5, 5.41) is 7.87. The largest absolute Gasteiger partial charge is 0.351 e. The summed E-state index contributed by atoms with van der Waals surface area (Å²) in [7, 11) is 1.83. The van der Waals surface area contributed by atoms with Crippen LogP contribution in [0.5, 0.6) is 0 Å². The van der Waals surface area contributed by atoms with Crippen LogP contribution in [-0.4, -0.2) is 49.4 Å². The number of hydrogen-bond acceptors (Lipinski definition) is 4. The normalized spacial score (nSPS) is 18.3. The third-order valence-electron chi connectivity index (χ3n) is 3.34. The number of nitrogens with zero attached hydrogens (tertiary/aromatic N) is 1. The van der Waals surface area contributed by atoms with Gasteiger partial charge in [-0.15, -0.1) is 11.3 Å². The molecule has 1 aliphatic heterocycles. The molecule has 2 N–H and O–H groups in total. The number of carbonyl (C=O) groups excluding carboxylic acids is 2. The van der Waals surface area contributed by atoms with Crippen LogP contribution in [0.25, 0.3) is 0 Å². The first-order chi connectivity index (χ1) is 9.18. The molecule has 0 aliphatic carbocycles. The molecule has 0 radical (unpaired) electrons. The van der Waals surface area contributed by atoms with E-state index in [9.17, 15) is 9.59 Å². The van der Waals surface area contributed by atoms with Crippen molar-refractivity contribution >= 4 is 23.2 Å². The zero-order chi connectivity index (χ0) is 13.7. The standard InChI is InChI=1S/C13H19N3O2S/c1-16(10-4-6-14-9-10)12(17)5-7-15-13(18)11-3-2-8-19-11/h2-3,8,10,14H,4-7,9H2,1H3,(H,15,18). The van der Waals surface area contributed by atoms with E-state index < -0.39 is 0 Å². The summed E-state index contributed by atoms with van der Waals surface area (Å²) in [5.74, 6) is -0.0202. The highest BCUT2D eigenvalue weighted by molar-refractivity contribution is 7.12. The first-order valence-corrected chi connectivity index (χ1v) is 7.34. The maximum Gasteiger partial charge on any atom is 0.261 e. The predicted molar refractivity (Wildman–Crippen MR) is 75.3 cm³/mol. The minimum absolute atomic E-state index is 0.0835. The third kappa shape index (κ3) is 3.78. The summed E-state index contributed by atoms with van der Waals surface area (Å²) < 4.78 is 0. The van der Waals surface area contributed by atoms with Crippen molar-refractivity contribution in [3.63, 3.8) is 0 Å². The SMILES string of the molecule is CN(C(=O)CCNC(=O)c1cccs1)C1CCNC1. The molecule has 5 nitrogen and oxygen atoms in total. The van der Waals surface area contributed by atoms with Crippen LogP contribution in [0.15, 0.2) is 17.5 Å².